The lowest BCUT2D eigenvalue weighted by Gasteiger charge is -2.27. The van der Waals surface area contributed by atoms with Crippen LogP contribution in [0, 0.1) is 6.92 Å². The Kier molecular flexibility index (Phi) is 4.42. The molecule has 0 bridgehead atoms. The highest BCUT2D eigenvalue weighted by atomic mass is 79.9. The van der Waals surface area contributed by atoms with E-state index in [-0.39, 0.29) is 0 Å². The zero-order valence-corrected chi connectivity index (χ0v) is 11.8. The lowest BCUT2D eigenvalue weighted by Crippen LogP contribution is -2.44. The van der Waals surface area contributed by atoms with E-state index in [2.05, 4.69) is 32.2 Å². The van der Waals surface area contributed by atoms with Gasteiger partial charge in [0.15, 0.2) is 0 Å². The van der Waals surface area contributed by atoms with E-state index in [9.17, 15) is 5.11 Å². The molecule has 0 saturated carbocycles. The zero-order valence-electron chi connectivity index (χ0n) is 10.2. The van der Waals surface area contributed by atoms with Crippen LogP contribution in [0.2, 0.25) is 0 Å². The third kappa shape index (κ3) is 3.21. The monoisotopic (exact) mass is 298 g/mol. The van der Waals surface area contributed by atoms with Crippen LogP contribution in [0.1, 0.15) is 11.1 Å². The molecule has 1 fully saturated rings. The van der Waals surface area contributed by atoms with Crippen molar-refractivity contribution in [2.45, 2.75) is 13.3 Å². The summed E-state index contributed by atoms with van der Waals surface area (Å²) in [5, 5.41) is 13.4. The van der Waals surface area contributed by atoms with Crippen LogP contribution in [0.25, 0.3) is 0 Å². The van der Waals surface area contributed by atoms with Gasteiger partial charge < -0.3 is 15.3 Å². The molecule has 94 valence electrons. The molecule has 0 unspecified atom stereocenters. The average molecular weight is 299 g/mol. The Bertz CT molecular complexity index is 389. The molecule has 0 atom stereocenters. The molecule has 17 heavy (non-hydrogen) atoms. The van der Waals surface area contributed by atoms with Crippen molar-refractivity contribution in [3.05, 3.63) is 27.7 Å². The van der Waals surface area contributed by atoms with Gasteiger partial charge in [0.1, 0.15) is 5.75 Å². The third-order valence-electron chi connectivity index (χ3n) is 3.30. The summed E-state index contributed by atoms with van der Waals surface area (Å²) < 4.78 is 0.829. The summed E-state index contributed by atoms with van der Waals surface area (Å²) in [5.41, 5.74) is 2.11. The first-order valence-electron chi connectivity index (χ1n) is 6.08. The quantitative estimate of drug-likeness (QED) is 0.895. The van der Waals surface area contributed by atoms with Crippen molar-refractivity contribution in [3.63, 3.8) is 0 Å². The average Bonchev–Trinajstić information content (AvgIpc) is 2.36. The van der Waals surface area contributed by atoms with Gasteiger partial charge in [0, 0.05) is 32.7 Å². The SMILES string of the molecule is Cc1ccc(CCN2CCNCC2)c(O)c1Br. The minimum Gasteiger partial charge on any atom is -0.506 e. The number of nitrogens with zero attached hydrogens (tertiary/aromatic N) is 1. The van der Waals surface area contributed by atoms with Crippen LogP contribution in [0.5, 0.6) is 5.75 Å². The second-order valence-electron chi connectivity index (χ2n) is 4.55. The first-order chi connectivity index (χ1) is 8.18. The lowest BCUT2D eigenvalue weighted by molar-refractivity contribution is 0.243. The predicted molar refractivity (Wildman–Crippen MR) is 73.6 cm³/mol. The van der Waals surface area contributed by atoms with Gasteiger partial charge in [-0.2, -0.15) is 0 Å². The first kappa shape index (κ1) is 12.9. The number of aromatic hydroxyl groups is 1. The van der Waals surface area contributed by atoms with Crippen molar-refractivity contribution < 1.29 is 5.11 Å². The van der Waals surface area contributed by atoms with Crippen LogP contribution in [0.4, 0.5) is 0 Å². The molecule has 1 aromatic rings. The summed E-state index contributed by atoms with van der Waals surface area (Å²) in [7, 11) is 0. The Morgan fingerprint density at radius 1 is 1.35 bits per heavy atom. The molecule has 1 aromatic carbocycles. The van der Waals surface area contributed by atoms with Gasteiger partial charge >= 0.3 is 0 Å². The Hall–Kier alpha value is -0.580. The van der Waals surface area contributed by atoms with E-state index in [1.807, 2.05) is 13.0 Å². The van der Waals surface area contributed by atoms with E-state index in [0.29, 0.717) is 5.75 Å². The molecule has 3 nitrogen and oxygen atoms in total. The summed E-state index contributed by atoms with van der Waals surface area (Å²) in [6.45, 7) is 7.36. The second-order valence-corrected chi connectivity index (χ2v) is 5.34. The fourth-order valence-corrected chi connectivity index (χ4v) is 2.51. The van der Waals surface area contributed by atoms with Crippen molar-refractivity contribution >= 4 is 15.9 Å². The third-order valence-corrected chi connectivity index (χ3v) is 4.30. The molecule has 2 rings (SSSR count). The molecule has 0 aromatic heterocycles. The minimum absolute atomic E-state index is 0.403. The molecule has 1 saturated heterocycles. The van der Waals surface area contributed by atoms with Gasteiger partial charge in [-0.15, -0.1) is 0 Å². The summed E-state index contributed by atoms with van der Waals surface area (Å²) in [6.07, 6.45) is 0.907. The topological polar surface area (TPSA) is 35.5 Å². The number of aryl methyl sites for hydroxylation is 1. The van der Waals surface area contributed by atoms with Crippen molar-refractivity contribution in [1.82, 2.24) is 10.2 Å². The number of piperazine rings is 1. The Labute approximate surface area is 111 Å². The van der Waals surface area contributed by atoms with E-state index >= 15 is 0 Å². The number of halogens is 1. The maximum absolute atomic E-state index is 10.0. The Balaban J connectivity index is 1.96. The number of benzene rings is 1. The summed E-state index contributed by atoms with van der Waals surface area (Å²) >= 11 is 3.42. The van der Waals surface area contributed by atoms with Crippen molar-refractivity contribution in [1.29, 1.82) is 0 Å². The summed E-state index contributed by atoms with van der Waals surface area (Å²) in [4.78, 5) is 2.43. The van der Waals surface area contributed by atoms with E-state index in [0.717, 1.165) is 54.7 Å². The fourth-order valence-electron chi connectivity index (χ4n) is 2.12. The van der Waals surface area contributed by atoms with Crippen LogP contribution < -0.4 is 5.32 Å². The maximum Gasteiger partial charge on any atom is 0.133 e. The smallest absolute Gasteiger partial charge is 0.133 e. The van der Waals surface area contributed by atoms with Crippen molar-refractivity contribution in [2.24, 2.45) is 0 Å². The number of nitrogens with one attached hydrogen (secondary N) is 1. The summed E-state index contributed by atoms with van der Waals surface area (Å²) in [5.74, 6) is 0.403. The lowest BCUT2D eigenvalue weighted by atomic mass is 10.1. The predicted octanol–water partition coefficient (Wildman–Crippen LogP) is 1.91. The van der Waals surface area contributed by atoms with E-state index in [1.165, 1.54) is 0 Å². The van der Waals surface area contributed by atoms with Gasteiger partial charge in [-0.05, 0) is 40.4 Å². The van der Waals surface area contributed by atoms with Gasteiger partial charge in [0.05, 0.1) is 4.47 Å². The Morgan fingerprint density at radius 2 is 2.06 bits per heavy atom. The van der Waals surface area contributed by atoms with E-state index < -0.39 is 0 Å². The number of hydrogen-bond acceptors (Lipinski definition) is 3. The van der Waals surface area contributed by atoms with Gasteiger partial charge in [-0.3, -0.25) is 0 Å². The standard InChI is InChI=1S/C13H19BrN2O/c1-10-2-3-11(13(17)12(10)14)4-7-16-8-5-15-6-9-16/h2-3,15,17H,4-9H2,1H3. The summed E-state index contributed by atoms with van der Waals surface area (Å²) in [6, 6.07) is 4.08. The molecule has 1 aliphatic rings. The van der Waals surface area contributed by atoms with Crippen LogP contribution in [-0.2, 0) is 6.42 Å². The van der Waals surface area contributed by atoms with Gasteiger partial charge in [0.25, 0.3) is 0 Å². The highest BCUT2D eigenvalue weighted by Crippen LogP contribution is 2.31. The number of phenols is 1. The zero-order chi connectivity index (χ0) is 12.3. The fraction of sp³-hybridized carbons (Fsp3) is 0.538. The van der Waals surface area contributed by atoms with Gasteiger partial charge in [0.2, 0.25) is 0 Å². The number of rotatable bonds is 3. The van der Waals surface area contributed by atoms with Crippen LogP contribution in [0.3, 0.4) is 0 Å². The van der Waals surface area contributed by atoms with Crippen molar-refractivity contribution in [2.75, 3.05) is 32.7 Å². The van der Waals surface area contributed by atoms with Crippen LogP contribution >= 0.6 is 15.9 Å². The highest BCUT2D eigenvalue weighted by molar-refractivity contribution is 9.10. The Morgan fingerprint density at radius 3 is 2.76 bits per heavy atom. The highest BCUT2D eigenvalue weighted by Gasteiger charge is 2.12. The van der Waals surface area contributed by atoms with Crippen LogP contribution in [-0.4, -0.2) is 42.7 Å². The minimum atomic E-state index is 0.403. The normalized spacial score (nSPS) is 17.3. The second kappa shape index (κ2) is 5.85. The van der Waals surface area contributed by atoms with E-state index in [1.54, 1.807) is 0 Å². The van der Waals surface area contributed by atoms with E-state index in [4.69, 9.17) is 0 Å². The number of hydrogen-bond donors (Lipinski definition) is 2. The molecule has 4 heteroatoms. The van der Waals surface area contributed by atoms with Gasteiger partial charge in [-0.25, -0.2) is 0 Å². The largest absolute Gasteiger partial charge is 0.506 e. The molecular formula is C13H19BrN2O. The van der Waals surface area contributed by atoms with Gasteiger partial charge in [-0.1, -0.05) is 12.1 Å². The van der Waals surface area contributed by atoms with Crippen molar-refractivity contribution in [3.8, 4) is 5.75 Å². The molecule has 0 aliphatic carbocycles. The molecule has 1 aliphatic heterocycles. The molecule has 0 spiro atoms. The van der Waals surface area contributed by atoms with Crippen LogP contribution in [0.15, 0.2) is 16.6 Å². The molecular weight excluding hydrogens is 280 g/mol. The maximum atomic E-state index is 10.0. The molecule has 0 radical (unpaired) electrons. The molecule has 2 N–H and O–H groups in total. The first-order valence-corrected chi connectivity index (χ1v) is 6.88. The molecule has 0 amide bonds. The number of phenolic OH excluding ortho intramolecular Hbond substituents is 1. The molecule has 1 heterocycles.